The van der Waals surface area contributed by atoms with Crippen LogP contribution in [0, 0.1) is 0 Å². The Kier molecular flexibility index (Phi) is 10.4. The van der Waals surface area contributed by atoms with Gasteiger partial charge in [-0.2, -0.15) is 0 Å². The van der Waals surface area contributed by atoms with E-state index in [0.29, 0.717) is 0 Å². The summed E-state index contributed by atoms with van der Waals surface area (Å²) in [6.07, 6.45) is 2.02. The van der Waals surface area contributed by atoms with Gasteiger partial charge in [0.1, 0.15) is 22.8 Å². The van der Waals surface area contributed by atoms with Gasteiger partial charge in [-0.1, -0.05) is 11.2 Å². The number of hydrogen-bond donors (Lipinski definition) is 7. The Balaban J connectivity index is 1.50. The van der Waals surface area contributed by atoms with Gasteiger partial charge >= 0.3 is 11.9 Å². The molecule has 0 spiro atoms. The quantitative estimate of drug-likeness (QED) is 0.0428. The fourth-order valence-electron chi connectivity index (χ4n) is 4.24. The van der Waals surface area contributed by atoms with Crippen LogP contribution in [0.15, 0.2) is 57.6 Å². The number of oxime groups is 1. The number of aromatic nitrogens is 1. The van der Waals surface area contributed by atoms with Crippen molar-refractivity contribution in [2.75, 3.05) is 24.6 Å². The highest BCUT2D eigenvalue weighted by atomic mass is 32.2. The van der Waals surface area contributed by atoms with Gasteiger partial charge < -0.3 is 36.5 Å². The van der Waals surface area contributed by atoms with Crippen molar-refractivity contribution in [2.45, 2.75) is 37.3 Å². The molecule has 47 heavy (non-hydrogen) atoms. The fourth-order valence-corrected chi connectivity index (χ4v) is 6.14. The summed E-state index contributed by atoms with van der Waals surface area (Å²) in [6, 6.07) is -1.20. The van der Waals surface area contributed by atoms with Crippen molar-refractivity contribution in [3.8, 4) is 0 Å². The third-order valence-corrected chi connectivity index (χ3v) is 8.74. The van der Waals surface area contributed by atoms with Crippen LogP contribution in [0.5, 0.6) is 0 Å². The summed E-state index contributed by atoms with van der Waals surface area (Å²) in [7, 11) is 0. The number of Topliss-reactive ketones (excluding diaryl/α,β-unsaturated/α-hetero) is 1. The van der Waals surface area contributed by atoms with E-state index in [9.17, 15) is 44.1 Å². The number of nitrogens with one attached hydrogen (secondary N) is 3. The Morgan fingerprint density at radius 2 is 2.00 bits per heavy atom. The molecule has 1 aliphatic carbocycles. The number of rotatable bonds is 14. The first-order valence-corrected chi connectivity index (χ1v) is 15.4. The van der Waals surface area contributed by atoms with Gasteiger partial charge in [-0.05, 0) is 25.5 Å². The van der Waals surface area contributed by atoms with Crippen molar-refractivity contribution >= 4 is 69.4 Å². The molecule has 2 aliphatic heterocycles. The Bertz CT molecular complexity index is 1680. The second-order valence-corrected chi connectivity index (χ2v) is 12.4. The second kappa shape index (κ2) is 14.1. The number of nitrogens with two attached hydrogens (primary N) is 1. The largest absolute Gasteiger partial charge is 0.504 e. The van der Waals surface area contributed by atoms with E-state index in [1.807, 2.05) is 0 Å². The van der Waals surface area contributed by atoms with Gasteiger partial charge in [0.25, 0.3) is 17.7 Å². The van der Waals surface area contributed by atoms with Gasteiger partial charge in [0.2, 0.25) is 11.4 Å². The third kappa shape index (κ3) is 7.45. The zero-order valence-corrected chi connectivity index (χ0v) is 26.4. The van der Waals surface area contributed by atoms with E-state index < -0.39 is 69.6 Å². The summed E-state index contributed by atoms with van der Waals surface area (Å²) in [5.74, 6) is -6.57. The molecule has 2 atom stereocenters. The summed E-state index contributed by atoms with van der Waals surface area (Å²) in [5.41, 5.74) is 5.56. The zero-order chi connectivity index (χ0) is 34.6. The number of fused-ring (bicyclic) bond motifs is 1. The summed E-state index contributed by atoms with van der Waals surface area (Å²) < 4.78 is 0. The number of nitrogen functional groups attached to an aromatic ring is 1. The van der Waals surface area contributed by atoms with E-state index in [0.717, 1.165) is 34.1 Å². The average Bonchev–Trinajstić information content (AvgIpc) is 3.45. The lowest BCUT2D eigenvalue weighted by atomic mass is 10.00. The lowest BCUT2D eigenvalue weighted by molar-refractivity contribution is -0.161. The number of allylic oxidation sites excluding steroid dienone is 2. The molecule has 4 rings (SSSR count). The number of carboxylic acid groups (broad SMARTS) is 2. The molecule has 0 radical (unpaired) electrons. The number of aliphatic hydroxyl groups excluding tert-OH is 1. The van der Waals surface area contributed by atoms with Crippen molar-refractivity contribution < 1.29 is 53.8 Å². The smallest absolute Gasteiger partial charge is 0.352 e. The molecule has 1 aromatic rings. The summed E-state index contributed by atoms with van der Waals surface area (Å²) in [6.45, 7) is 5.64. The normalized spacial score (nSPS) is 19.7. The SMILES string of the molecule is C=CCONC1=C(C(=O)NCC2=C(C(=O)O)N3C(=O)C(NC(=O)/C(=N\OC(C)(C)C(=O)O)c4csc(N)n4)[C@@H]3SC2)C=C(O)C(=O)C1. The maximum atomic E-state index is 13.3. The van der Waals surface area contributed by atoms with Crippen LogP contribution >= 0.6 is 23.1 Å². The van der Waals surface area contributed by atoms with Crippen LogP contribution in [0.1, 0.15) is 26.0 Å². The highest BCUT2D eigenvalue weighted by Crippen LogP contribution is 2.40. The van der Waals surface area contributed by atoms with Gasteiger partial charge in [0.05, 0.1) is 24.3 Å². The Hall–Kier alpha value is -5.21. The monoisotopic (exact) mass is 691 g/mol. The predicted octanol–water partition coefficient (Wildman–Crippen LogP) is -0.460. The van der Waals surface area contributed by atoms with Crippen LogP contribution in [-0.2, 0) is 38.4 Å². The van der Waals surface area contributed by atoms with Gasteiger partial charge in [0, 0.05) is 17.7 Å². The number of anilines is 1. The molecule has 0 saturated carbocycles. The number of nitrogens with zero attached hydrogens (tertiary/aromatic N) is 3. The van der Waals surface area contributed by atoms with Crippen LogP contribution in [-0.4, -0.2) is 102 Å². The molecule has 3 heterocycles. The zero-order valence-electron chi connectivity index (χ0n) is 24.8. The van der Waals surface area contributed by atoms with E-state index in [1.165, 1.54) is 25.3 Å². The van der Waals surface area contributed by atoms with Gasteiger partial charge in [-0.3, -0.25) is 34.4 Å². The molecule has 3 aliphatic rings. The number of β-lactam (4-membered cyclic amide) rings is 1. The number of hydrogen-bond acceptors (Lipinski definition) is 15. The van der Waals surface area contributed by atoms with Crippen LogP contribution in [0.2, 0.25) is 0 Å². The summed E-state index contributed by atoms with van der Waals surface area (Å²) in [5, 5.41) is 38.5. The number of thiazole rings is 1. The third-order valence-electron chi connectivity index (χ3n) is 6.73. The summed E-state index contributed by atoms with van der Waals surface area (Å²) >= 11 is 2.09. The number of thioether (sulfide) groups is 1. The van der Waals surface area contributed by atoms with Crippen molar-refractivity contribution in [3.05, 3.63) is 58.1 Å². The average molecular weight is 692 g/mol. The number of hydroxylamine groups is 1. The fraction of sp³-hybridized carbons (Fsp3) is 0.333. The number of carbonyl (C=O) groups excluding carboxylic acids is 4. The van der Waals surface area contributed by atoms with E-state index >= 15 is 0 Å². The number of ketones is 1. The molecule has 3 amide bonds. The Morgan fingerprint density at radius 1 is 1.28 bits per heavy atom. The molecule has 18 nitrogen and oxygen atoms in total. The lowest BCUT2D eigenvalue weighted by Crippen LogP contribution is -2.71. The second-order valence-electron chi connectivity index (χ2n) is 10.4. The van der Waals surface area contributed by atoms with Crippen LogP contribution in [0.25, 0.3) is 0 Å². The number of carbonyl (C=O) groups is 6. The molecule has 1 unspecified atom stereocenters. The maximum Gasteiger partial charge on any atom is 0.352 e. The van der Waals surface area contributed by atoms with Crippen molar-refractivity contribution in [1.82, 2.24) is 26.0 Å². The number of aliphatic hydroxyl groups is 1. The molecule has 1 saturated heterocycles. The van der Waals surface area contributed by atoms with Gasteiger partial charge in [0.15, 0.2) is 16.6 Å². The minimum atomic E-state index is -1.82. The lowest BCUT2D eigenvalue weighted by Gasteiger charge is -2.49. The van der Waals surface area contributed by atoms with Crippen molar-refractivity contribution in [3.63, 3.8) is 0 Å². The van der Waals surface area contributed by atoms with Crippen LogP contribution < -0.4 is 21.8 Å². The Labute approximate surface area is 274 Å². The highest BCUT2D eigenvalue weighted by Gasteiger charge is 2.54. The molecule has 0 bridgehead atoms. The van der Waals surface area contributed by atoms with Crippen molar-refractivity contribution in [2.24, 2.45) is 5.16 Å². The molecular weight excluding hydrogens is 662 g/mol. The first-order chi connectivity index (χ1) is 22.2. The maximum absolute atomic E-state index is 13.3. The highest BCUT2D eigenvalue weighted by molar-refractivity contribution is 8.00. The molecule has 1 fully saturated rings. The van der Waals surface area contributed by atoms with E-state index in [-0.39, 0.29) is 53.0 Å². The molecule has 20 heteroatoms. The molecule has 250 valence electrons. The molecule has 8 N–H and O–H groups in total. The standard InChI is InChI=1S/C27H29N7O11S2/c1-4-5-44-32-13-7-16(36)15(35)6-12(13)20(37)29-8-11-9-46-23-18(22(39)34(23)19(11)24(40)41)31-21(38)17(14-10-47-26(28)30-14)33-45-27(2,3)25(42)43/h4,6,10,18,23,32,35H,1,5,7-9H2,2-3H3,(H2,28,30)(H,29,37)(H,31,38)(H,40,41)(H,42,43)/b33-17-/t18?,23-/m0/s1. The van der Waals surface area contributed by atoms with Crippen molar-refractivity contribution in [1.29, 1.82) is 0 Å². The number of amides is 3. The predicted molar refractivity (Wildman–Crippen MR) is 165 cm³/mol. The topological polar surface area (TPSA) is 272 Å². The van der Waals surface area contributed by atoms with E-state index in [4.69, 9.17) is 15.4 Å². The number of aliphatic carboxylic acids is 2. The minimum absolute atomic E-state index is 0.0361. The molecule has 1 aromatic heterocycles. The Morgan fingerprint density at radius 3 is 2.62 bits per heavy atom. The first kappa shape index (κ1) is 34.7. The molecule has 0 aromatic carbocycles. The van der Waals surface area contributed by atoms with Crippen LogP contribution in [0.4, 0.5) is 5.13 Å². The van der Waals surface area contributed by atoms with Crippen LogP contribution in [0.3, 0.4) is 0 Å². The van der Waals surface area contributed by atoms with E-state index in [2.05, 4.69) is 32.8 Å². The van der Waals surface area contributed by atoms with Gasteiger partial charge in [-0.25, -0.2) is 14.6 Å². The molecular formula is C27H29N7O11S2. The minimum Gasteiger partial charge on any atom is -0.504 e. The summed E-state index contributed by atoms with van der Waals surface area (Å²) in [4.78, 5) is 90.3. The van der Waals surface area contributed by atoms with E-state index in [1.54, 1.807) is 0 Å². The number of carboxylic acids is 2. The van der Waals surface area contributed by atoms with Gasteiger partial charge in [-0.15, -0.1) is 29.7 Å². The first-order valence-electron chi connectivity index (χ1n) is 13.5.